The molecule has 1 amide bonds. The van der Waals surface area contributed by atoms with Gasteiger partial charge in [-0.05, 0) is 50.5 Å². The number of nitrogens with zero attached hydrogens (tertiary/aromatic N) is 3. The Morgan fingerprint density at radius 2 is 2.07 bits per heavy atom. The number of carbonyl (C=O) groups excluding carboxylic acids is 1. The highest BCUT2D eigenvalue weighted by atomic mass is 16.5. The Balaban J connectivity index is 1.51. The van der Waals surface area contributed by atoms with E-state index < -0.39 is 11.9 Å². The summed E-state index contributed by atoms with van der Waals surface area (Å²) in [6, 6.07) is 7.09. The van der Waals surface area contributed by atoms with Crippen molar-refractivity contribution in [2.24, 2.45) is 5.92 Å². The summed E-state index contributed by atoms with van der Waals surface area (Å²) >= 11 is 0. The molecule has 8 nitrogen and oxygen atoms in total. The van der Waals surface area contributed by atoms with Crippen LogP contribution in [0.15, 0.2) is 28.8 Å². The van der Waals surface area contributed by atoms with Crippen LogP contribution in [-0.2, 0) is 16.0 Å². The molecule has 8 heteroatoms. The molecule has 3 rings (SSSR count). The highest BCUT2D eigenvalue weighted by Crippen LogP contribution is 2.25. The minimum atomic E-state index is -0.832. The number of piperidine rings is 1. The molecule has 1 aromatic heterocycles. The molecule has 0 bridgehead atoms. The molecule has 0 unspecified atom stereocenters. The summed E-state index contributed by atoms with van der Waals surface area (Å²) in [7, 11) is 1.61. The van der Waals surface area contributed by atoms with Gasteiger partial charge in [0, 0.05) is 31.0 Å². The molecule has 1 aromatic carbocycles. The Labute approximate surface area is 163 Å². The number of methoxy groups -OCH3 is 1. The van der Waals surface area contributed by atoms with Gasteiger partial charge in [-0.2, -0.15) is 4.98 Å². The Morgan fingerprint density at radius 3 is 2.75 bits per heavy atom. The van der Waals surface area contributed by atoms with Crippen LogP contribution in [0, 0.1) is 5.92 Å². The van der Waals surface area contributed by atoms with Crippen LogP contribution in [0.5, 0.6) is 5.75 Å². The third-order valence-electron chi connectivity index (χ3n) is 5.22. The number of aliphatic carboxylic acids is 1. The summed E-state index contributed by atoms with van der Waals surface area (Å²) in [5.41, 5.74) is 0.828. The van der Waals surface area contributed by atoms with Gasteiger partial charge in [-0.15, -0.1) is 0 Å². The number of hydrogen-bond acceptors (Lipinski definition) is 6. The maximum Gasteiger partial charge on any atom is 0.308 e. The van der Waals surface area contributed by atoms with E-state index in [0.717, 1.165) is 17.7 Å². The first kappa shape index (κ1) is 19.9. The summed E-state index contributed by atoms with van der Waals surface area (Å²) in [6.07, 6.45) is 2.75. The molecule has 1 N–H and O–H groups in total. The summed E-state index contributed by atoms with van der Waals surface area (Å²) in [5.74, 6) is 0.394. The summed E-state index contributed by atoms with van der Waals surface area (Å²) in [6.45, 7) is 2.43. The molecule has 1 fully saturated rings. The van der Waals surface area contributed by atoms with Crippen molar-refractivity contribution in [1.82, 2.24) is 15.0 Å². The van der Waals surface area contributed by atoms with Crippen LogP contribution in [0.2, 0.25) is 0 Å². The topological polar surface area (TPSA) is 106 Å². The van der Waals surface area contributed by atoms with Crippen molar-refractivity contribution in [1.29, 1.82) is 0 Å². The molecular formula is C20H25N3O5. The average Bonchev–Trinajstić information content (AvgIpc) is 3.16. The fourth-order valence-corrected chi connectivity index (χ4v) is 3.57. The number of aryl methyl sites for hydroxylation is 1. The van der Waals surface area contributed by atoms with Crippen LogP contribution in [-0.4, -0.2) is 51.7 Å². The Morgan fingerprint density at radius 1 is 1.32 bits per heavy atom. The molecule has 1 aliphatic heterocycles. The quantitative estimate of drug-likeness (QED) is 0.778. The molecule has 0 radical (unpaired) electrons. The van der Waals surface area contributed by atoms with E-state index in [9.17, 15) is 14.7 Å². The SMILES string of the molecule is COc1ccc(-c2noc(CCCC(=O)N3CCC[C@H](C(=O)O)[C@@H]3C)n2)cc1. The van der Waals surface area contributed by atoms with Gasteiger partial charge in [0.15, 0.2) is 0 Å². The monoisotopic (exact) mass is 387 g/mol. The first-order valence-corrected chi connectivity index (χ1v) is 9.49. The number of aromatic nitrogens is 2. The predicted molar refractivity (Wildman–Crippen MR) is 101 cm³/mol. The number of carboxylic acid groups (broad SMARTS) is 1. The van der Waals surface area contributed by atoms with Gasteiger partial charge in [0.1, 0.15) is 5.75 Å². The lowest BCUT2D eigenvalue weighted by Gasteiger charge is -2.37. The lowest BCUT2D eigenvalue weighted by Crippen LogP contribution is -2.49. The van der Waals surface area contributed by atoms with Gasteiger partial charge in [-0.3, -0.25) is 9.59 Å². The maximum absolute atomic E-state index is 12.5. The van der Waals surface area contributed by atoms with Crippen LogP contribution < -0.4 is 4.74 Å². The van der Waals surface area contributed by atoms with Gasteiger partial charge in [-0.1, -0.05) is 5.16 Å². The van der Waals surface area contributed by atoms with E-state index in [1.54, 1.807) is 12.0 Å². The highest BCUT2D eigenvalue weighted by Gasteiger charge is 2.34. The fourth-order valence-electron chi connectivity index (χ4n) is 3.57. The second kappa shape index (κ2) is 8.86. The molecule has 1 aliphatic rings. The number of benzene rings is 1. The van der Waals surface area contributed by atoms with Crippen molar-refractivity contribution in [3.05, 3.63) is 30.2 Å². The van der Waals surface area contributed by atoms with Crippen LogP contribution in [0.1, 0.15) is 38.5 Å². The second-order valence-electron chi connectivity index (χ2n) is 7.01. The molecule has 2 atom stereocenters. The fraction of sp³-hybridized carbons (Fsp3) is 0.500. The number of ether oxygens (including phenoxy) is 1. The Hall–Kier alpha value is -2.90. The normalized spacial score (nSPS) is 19.4. The maximum atomic E-state index is 12.5. The minimum absolute atomic E-state index is 0.0201. The molecular weight excluding hydrogens is 362 g/mol. The number of likely N-dealkylation sites (tertiary alicyclic amines) is 1. The standard InChI is InChI=1S/C20H25N3O5/c1-13-16(20(25)26)5-4-12-23(13)18(24)7-3-6-17-21-19(22-28-17)14-8-10-15(27-2)11-9-14/h8-11,13,16H,3-7,12H2,1-2H3,(H,25,26)/t13-,16-/m0/s1. The minimum Gasteiger partial charge on any atom is -0.497 e. The number of carbonyl (C=O) groups is 2. The van der Waals surface area contributed by atoms with Gasteiger partial charge < -0.3 is 19.3 Å². The largest absolute Gasteiger partial charge is 0.497 e. The van der Waals surface area contributed by atoms with E-state index >= 15 is 0 Å². The predicted octanol–water partition coefficient (Wildman–Crippen LogP) is 2.78. The van der Waals surface area contributed by atoms with E-state index in [4.69, 9.17) is 9.26 Å². The zero-order valence-corrected chi connectivity index (χ0v) is 16.1. The average molecular weight is 387 g/mol. The van der Waals surface area contributed by atoms with Crippen molar-refractivity contribution in [3.63, 3.8) is 0 Å². The van der Waals surface area contributed by atoms with E-state index in [0.29, 0.717) is 43.9 Å². The molecule has 150 valence electrons. The van der Waals surface area contributed by atoms with Crippen molar-refractivity contribution in [2.75, 3.05) is 13.7 Å². The molecule has 2 aromatic rings. The van der Waals surface area contributed by atoms with E-state index in [1.807, 2.05) is 31.2 Å². The van der Waals surface area contributed by atoms with Crippen LogP contribution in [0.25, 0.3) is 11.4 Å². The summed E-state index contributed by atoms with van der Waals surface area (Å²) in [4.78, 5) is 29.9. The molecule has 1 saturated heterocycles. The zero-order valence-electron chi connectivity index (χ0n) is 16.1. The molecule has 0 spiro atoms. The Bertz CT molecular complexity index is 818. The molecule has 0 saturated carbocycles. The third-order valence-corrected chi connectivity index (χ3v) is 5.22. The van der Waals surface area contributed by atoms with Crippen molar-refractivity contribution in [2.45, 2.75) is 45.1 Å². The van der Waals surface area contributed by atoms with Gasteiger partial charge in [0.25, 0.3) is 0 Å². The molecule has 28 heavy (non-hydrogen) atoms. The highest BCUT2D eigenvalue weighted by molar-refractivity contribution is 5.78. The molecule has 2 heterocycles. The lowest BCUT2D eigenvalue weighted by atomic mass is 9.90. The number of hydrogen-bond donors (Lipinski definition) is 1. The van der Waals surface area contributed by atoms with Gasteiger partial charge in [-0.25, -0.2) is 0 Å². The number of amides is 1. The van der Waals surface area contributed by atoms with Crippen molar-refractivity contribution >= 4 is 11.9 Å². The smallest absolute Gasteiger partial charge is 0.308 e. The first-order chi connectivity index (χ1) is 13.5. The van der Waals surface area contributed by atoms with Crippen molar-refractivity contribution < 1.29 is 24.0 Å². The van der Waals surface area contributed by atoms with E-state index in [2.05, 4.69) is 10.1 Å². The Kier molecular flexibility index (Phi) is 6.28. The lowest BCUT2D eigenvalue weighted by molar-refractivity contribution is -0.149. The first-order valence-electron chi connectivity index (χ1n) is 9.49. The third kappa shape index (κ3) is 4.49. The van der Waals surface area contributed by atoms with Gasteiger partial charge in [0.05, 0.1) is 13.0 Å². The second-order valence-corrected chi connectivity index (χ2v) is 7.01. The molecule has 0 aliphatic carbocycles. The van der Waals surface area contributed by atoms with Crippen LogP contribution in [0.4, 0.5) is 0 Å². The van der Waals surface area contributed by atoms with Gasteiger partial charge >= 0.3 is 5.97 Å². The van der Waals surface area contributed by atoms with Crippen LogP contribution >= 0.6 is 0 Å². The van der Waals surface area contributed by atoms with Crippen molar-refractivity contribution in [3.8, 4) is 17.1 Å². The van der Waals surface area contributed by atoms with E-state index in [-0.39, 0.29) is 11.9 Å². The summed E-state index contributed by atoms with van der Waals surface area (Å²) in [5, 5.41) is 13.3. The van der Waals surface area contributed by atoms with Crippen LogP contribution in [0.3, 0.4) is 0 Å². The summed E-state index contributed by atoms with van der Waals surface area (Å²) < 4.78 is 10.4. The van der Waals surface area contributed by atoms with Gasteiger partial charge in [0.2, 0.25) is 17.6 Å². The zero-order chi connectivity index (χ0) is 20.1. The number of carboxylic acids is 1. The number of rotatable bonds is 7. The van der Waals surface area contributed by atoms with E-state index in [1.165, 1.54) is 0 Å².